The SMILES string of the molecule is CCc1ccc(OCCOc2ccc(Cl)cc2CNC(=O)CC#N)cc1. The zero-order chi connectivity index (χ0) is 18.8. The molecule has 0 radical (unpaired) electrons. The first-order chi connectivity index (χ1) is 12.6. The molecule has 0 saturated heterocycles. The summed E-state index contributed by atoms with van der Waals surface area (Å²) in [5.41, 5.74) is 2.01. The van der Waals surface area contributed by atoms with Crippen LogP contribution in [0.1, 0.15) is 24.5 Å². The number of carbonyl (C=O) groups is 1. The highest BCUT2D eigenvalue weighted by molar-refractivity contribution is 6.30. The van der Waals surface area contributed by atoms with Crippen molar-refractivity contribution in [2.75, 3.05) is 13.2 Å². The van der Waals surface area contributed by atoms with Crippen LogP contribution in [0.3, 0.4) is 0 Å². The first-order valence-corrected chi connectivity index (χ1v) is 8.76. The number of rotatable bonds is 9. The van der Waals surface area contributed by atoms with Gasteiger partial charge >= 0.3 is 0 Å². The lowest BCUT2D eigenvalue weighted by Crippen LogP contribution is -2.22. The van der Waals surface area contributed by atoms with E-state index in [-0.39, 0.29) is 18.9 Å². The van der Waals surface area contributed by atoms with E-state index >= 15 is 0 Å². The number of hydrogen-bond acceptors (Lipinski definition) is 4. The minimum Gasteiger partial charge on any atom is -0.490 e. The smallest absolute Gasteiger partial charge is 0.234 e. The number of halogens is 1. The number of nitrogens with zero attached hydrogens (tertiary/aromatic N) is 1. The molecule has 2 rings (SSSR count). The van der Waals surface area contributed by atoms with Crippen molar-refractivity contribution in [1.29, 1.82) is 5.26 Å². The fraction of sp³-hybridized carbons (Fsp3) is 0.300. The molecule has 136 valence electrons. The molecular formula is C20H21ClN2O3. The third kappa shape index (κ3) is 6.30. The molecule has 0 aliphatic heterocycles. The van der Waals surface area contributed by atoms with E-state index in [0.717, 1.165) is 17.7 Å². The lowest BCUT2D eigenvalue weighted by atomic mass is 10.2. The van der Waals surface area contributed by atoms with Crippen molar-refractivity contribution in [3.05, 3.63) is 58.6 Å². The van der Waals surface area contributed by atoms with Crippen molar-refractivity contribution in [3.8, 4) is 17.6 Å². The van der Waals surface area contributed by atoms with Crippen LogP contribution in [-0.2, 0) is 17.8 Å². The number of nitriles is 1. The number of amides is 1. The van der Waals surface area contributed by atoms with Gasteiger partial charge in [0.1, 0.15) is 31.1 Å². The summed E-state index contributed by atoms with van der Waals surface area (Å²) in [4.78, 5) is 11.4. The lowest BCUT2D eigenvalue weighted by molar-refractivity contribution is -0.120. The van der Waals surface area contributed by atoms with Crippen LogP contribution in [-0.4, -0.2) is 19.1 Å². The van der Waals surface area contributed by atoms with Gasteiger partial charge < -0.3 is 14.8 Å². The summed E-state index contributed by atoms with van der Waals surface area (Å²) in [5, 5.41) is 11.7. The standard InChI is InChI=1S/C20H21ClN2O3/c1-2-15-3-6-18(7-4-15)25-11-12-26-19-8-5-17(21)13-16(19)14-23-20(24)9-10-22/h3-8,13H,2,9,11-12,14H2,1H3,(H,23,24). The van der Waals surface area contributed by atoms with E-state index in [4.69, 9.17) is 26.3 Å². The van der Waals surface area contributed by atoms with Gasteiger partial charge in [-0.25, -0.2) is 0 Å². The predicted octanol–water partition coefficient (Wildman–Crippen LogP) is 3.89. The molecule has 26 heavy (non-hydrogen) atoms. The number of carbonyl (C=O) groups excluding carboxylic acids is 1. The summed E-state index contributed by atoms with van der Waals surface area (Å²) in [6.45, 7) is 3.11. The van der Waals surface area contributed by atoms with E-state index in [1.165, 1.54) is 5.56 Å². The summed E-state index contributed by atoms with van der Waals surface area (Å²) in [6.07, 6.45) is 0.815. The topological polar surface area (TPSA) is 71.3 Å². The van der Waals surface area contributed by atoms with Crippen molar-refractivity contribution in [3.63, 3.8) is 0 Å². The Morgan fingerprint density at radius 1 is 1.15 bits per heavy atom. The predicted molar refractivity (Wildman–Crippen MR) is 100 cm³/mol. The molecule has 0 aliphatic rings. The van der Waals surface area contributed by atoms with Crippen LogP contribution in [0.25, 0.3) is 0 Å². The molecule has 0 unspecified atom stereocenters. The fourth-order valence-electron chi connectivity index (χ4n) is 2.29. The molecule has 0 aromatic heterocycles. The molecule has 0 atom stereocenters. The maximum absolute atomic E-state index is 11.4. The Kier molecular flexibility index (Phi) is 7.78. The van der Waals surface area contributed by atoms with Crippen LogP contribution >= 0.6 is 11.6 Å². The van der Waals surface area contributed by atoms with Gasteiger partial charge in [0.25, 0.3) is 0 Å². The van der Waals surface area contributed by atoms with Gasteiger partial charge in [0.2, 0.25) is 5.91 Å². The van der Waals surface area contributed by atoms with Crippen LogP contribution in [0.4, 0.5) is 0 Å². The molecule has 1 amide bonds. The van der Waals surface area contributed by atoms with E-state index in [0.29, 0.717) is 24.0 Å². The van der Waals surface area contributed by atoms with Crippen LogP contribution in [0, 0.1) is 11.3 Å². The first-order valence-electron chi connectivity index (χ1n) is 8.39. The first kappa shape index (κ1) is 19.6. The van der Waals surface area contributed by atoms with Crippen LogP contribution in [0.15, 0.2) is 42.5 Å². The molecule has 0 heterocycles. The summed E-state index contributed by atoms with van der Waals surface area (Å²) in [6, 6.07) is 15.0. The zero-order valence-corrected chi connectivity index (χ0v) is 15.4. The second-order valence-corrected chi connectivity index (χ2v) is 5.99. The zero-order valence-electron chi connectivity index (χ0n) is 14.6. The summed E-state index contributed by atoms with van der Waals surface area (Å²) in [7, 11) is 0. The Hall–Kier alpha value is -2.71. The monoisotopic (exact) mass is 372 g/mol. The minimum absolute atomic E-state index is 0.179. The van der Waals surface area contributed by atoms with Crippen LogP contribution < -0.4 is 14.8 Å². The van der Waals surface area contributed by atoms with Crippen molar-refractivity contribution >= 4 is 17.5 Å². The number of ether oxygens (including phenoxy) is 2. The Labute approximate surface area is 158 Å². The molecule has 2 aromatic carbocycles. The molecule has 0 spiro atoms. The second kappa shape index (κ2) is 10.3. The summed E-state index contributed by atoms with van der Waals surface area (Å²) in [5.74, 6) is 1.08. The Balaban J connectivity index is 1.85. The van der Waals surface area contributed by atoms with Gasteiger partial charge in [0.15, 0.2) is 0 Å². The third-order valence-electron chi connectivity index (χ3n) is 3.68. The van der Waals surface area contributed by atoms with Gasteiger partial charge in [-0.2, -0.15) is 5.26 Å². The molecule has 6 heteroatoms. The van der Waals surface area contributed by atoms with Gasteiger partial charge in [0, 0.05) is 17.1 Å². The van der Waals surface area contributed by atoms with E-state index in [2.05, 4.69) is 12.2 Å². The highest BCUT2D eigenvalue weighted by Gasteiger charge is 2.07. The van der Waals surface area contributed by atoms with E-state index < -0.39 is 0 Å². The molecule has 5 nitrogen and oxygen atoms in total. The molecule has 0 fully saturated rings. The second-order valence-electron chi connectivity index (χ2n) is 5.56. The number of nitrogens with one attached hydrogen (secondary N) is 1. The van der Waals surface area contributed by atoms with E-state index in [1.54, 1.807) is 18.2 Å². The van der Waals surface area contributed by atoms with E-state index in [1.807, 2.05) is 30.3 Å². The number of benzene rings is 2. The maximum atomic E-state index is 11.4. The Bertz CT molecular complexity index is 770. The fourth-order valence-corrected chi connectivity index (χ4v) is 2.48. The van der Waals surface area contributed by atoms with Crippen molar-refractivity contribution < 1.29 is 14.3 Å². The third-order valence-corrected chi connectivity index (χ3v) is 3.91. The molecule has 1 N–H and O–H groups in total. The normalized spacial score (nSPS) is 10.0. The molecule has 0 bridgehead atoms. The van der Waals surface area contributed by atoms with Gasteiger partial charge in [0.05, 0.1) is 6.07 Å². The Morgan fingerprint density at radius 2 is 1.88 bits per heavy atom. The molecular weight excluding hydrogens is 352 g/mol. The quantitative estimate of drug-likeness (QED) is 0.678. The Morgan fingerprint density at radius 3 is 2.58 bits per heavy atom. The molecule has 0 saturated carbocycles. The maximum Gasteiger partial charge on any atom is 0.234 e. The van der Waals surface area contributed by atoms with Crippen LogP contribution in [0.2, 0.25) is 5.02 Å². The highest BCUT2D eigenvalue weighted by atomic mass is 35.5. The van der Waals surface area contributed by atoms with Gasteiger partial charge in [-0.15, -0.1) is 0 Å². The summed E-state index contributed by atoms with van der Waals surface area (Å²) >= 11 is 6.01. The van der Waals surface area contributed by atoms with Crippen molar-refractivity contribution in [2.45, 2.75) is 26.3 Å². The van der Waals surface area contributed by atoms with Crippen molar-refractivity contribution in [2.24, 2.45) is 0 Å². The number of aryl methyl sites for hydroxylation is 1. The largest absolute Gasteiger partial charge is 0.490 e. The average Bonchev–Trinajstić information content (AvgIpc) is 2.65. The average molecular weight is 373 g/mol. The summed E-state index contributed by atoms with van der Waals surface area (Å²) < 4.78 is 11.4. The molecule has 2 aromatic rings. The van der Waals surface area contributed by atoms with Gasteiger partial charge in [-0.1, -0.05) is 30.7 Å². The minimum atomic E-state index is -0.336. The van der Waals surface area contributed by atoms with Gasteiger partial charge in [-0.05, 0) is 42.3 Å². The number of hydrogen-bond donors (Lipinski definition) is 1. The van der Waals surface area contributed by atoms with Gasteiger partial charge in [-0.3, -0.25) is 4.79 Å². The highest BCUT2D eigenvalue weighted by Crippen LogP contribution is 2.23. The van der Waals surface area contributed by atoms with Crippen LogP contribution in [0.5, 0.6) is 11.5 Å². The van der Waals surface area contributed by atoms with E-state index in [9.17, 15) is 4.79 Å². The molecule has 0 aliphatic carbocycles. The van der Waals surface area contributed by atoms with Crippen molar-refractivity contribution in [1.82, 2.24) is 5.32 Å². The lowest BCUT2D eigenvalue weighted by Gasteiger charge is -2.13.